The summed E-state index contributed by atoms with van der Waals surface area (Å²) in [4.78, 5) is 11.0. The molecule has 0 bridgehead atoms. The molecule has 2 N–H and O–H groups in total. The van der Waals surface area contributed by atoms with Crippen molar-refractivity contribution < 1.29 is 9.90 Å². The predicted molar refractivity (Wildman–Crippen MR) is 72.1 cm³/mol. The van der Waals surface area contributed by atoms with Crippen LogP contribution in [-0.4, -0.2) is 17.1 Å². The Balaban J connectivity index is 2.62. The van der Waals surface area contributed by atoms with E-state index in [2.05, 4.69) is 21.2 Å². The number of carbonyl (C=O) groups is 1. The van der Waals surface area contributed by atoms with E-state index in [4.69, 9.17) is 5.11 Å². The number of halogens is 1. The number of aliphatic carboxylic acids is 1. The summed E-state index contributed by atoms with van der Waals surface area (Å²) < 4.78 is 1.04. The van der Waals surface area contributed by atoms with Gasteiger partial charge in [-0.25, -0.2) is 0 Å². The van der Waals surface area contributed by atoms with Crippen LogP contribution in [0, 0.1) is 6.92 Å². The number of hydrogen-bond donors (Lipinski definition) is 2. The van der Waals surface area contributed by atoms with E-state index in [0.717, 1.165) is 22.0 Å². The Labute approximate surface area is 110 Å². The highest BCUT2D eigenvalue weighted by molar-refractivity contribution is 9.10. The first-order valence-corrected chi connectivity index (χ1v) is 6.55. The molecule has 0 saturated heterocycles. The number of carboxylic acids is 1. The average Bonchev–Trinajstić information content (AvgIpc) is 2.25. The zero-order chi connectivity index (χ0) is 12.8. The summed E-state index contributed by atoms with van der Waals surface area (Å²) in [6, 6.07) is 5.56. The SMILES string of the molecule is CCCC(NCc1ccc(Br)cc1C)C(=O)O. The van der Waals surface area contributed by atoms with Gasteiger partial charge in [-0.1, -0.05) is 35.3 Å². The van der Waals surface area contributed by atoms with Gasteiger partial charge in [-0.05, 0) is 36.6 Å². The predicted octanol–water partition coefficient (Wildman–Crippen LogP) is 3.10. The fourth-order valence-electron chi connectivity index (χ4n) is 1.69. The molecule has 1 aromatic rings. The average molecular weight is 300 g/mol. The van der Waals surface area contributed by atoms with Crippen LogP contribution in [0.1, 0.15) is 30.9 Å². The summed E-state index contributed by atoms with van der Waals surface area (Å²) >= 11 is 3.41. The van der Waals surface area contributed by atoms with E-state index in [1.807, 2.05) is 32.0 Å². The van der Waals surface area contributed by atoms with E-state index >= 15 is 0 Å². The topological polar surface area (TPSA) is 49.3 Å². The molecule has 4 heteroatoms. The van der Waals surface area contributed by atoms with E-state index in [1.165, 1.54) is 0 Å². The van der Waals surface area contributed by atoms with Crippen molar-refractivity contribution in [1.29, 1.82) is 0 Å². The summed E-state index contributed by atoms with van der Waals surface area (Å²) in [5, 5.41) is 12.1. The largest absolute Gasteiger partial charge is 0.480 e. The van der Waals surface area contributed by atoms with Gasteiger partial charge in [0.25, 0.3) is 0 Å². The second-order valence-electron chi connectivity index (χ2n) is 4.13. The number of carboxylic acid groups (broad SMARTS) is 1. The highest BCUT2D eigenvalue weighted by Gasteiger charge is 2.15. The van der Waals surface area contributed by atoms with Crippen molar-refractivity contribution in [1.82, 2.24) is 5.32 Å². The summed E-state index contributed by atoms with van der Waals surface area (Å²) in [6.07, 6.45) is 1.52. The van der Waals surface area contributed by atoms with Crippen LogP contribution in [0.2, 0.25) is 0 Å². The molecule has 1 aromatic carbocycles. The van der Waals surface area contributed by atoms with Gasteiger partial charge in [-0.15, -0.1) is 0 Å². The summed E-state index contributed by atoms with van der Waals surface area (Å²) in [5.74, 6) is -0.776. The first-order valence-electron chi connectivity index (χ1n) is 5.75. The Morgan fingerprint density at radius 1 is 1.53 bits per heavy atom. The first kappa shape index (κ1) is 14.2. The van der Waals surface area contributed by atoms with Crippen molar-refractivity contribution in [2.45, 2.75) is 39.3 Å². The van der Waals surface area contributed by atoms with Crippen molar-refractivity contribution in [3.8, 4) is 0 Å². The first-order chi connectivity index (χ1) is 8.04. The molecule has 0 aliphatic rings. The van der Waals surface area contributed by atoms with Crippen LogP contribution >= 0.6 is 15.9 Å². The number of rotatable bonds is 6. The van der Waals surface area contributed by atoms with Gasteiger partial charge in [0.15, 0.2) is 0 Å². The molecule has 0 amide bonds. The molecule has 17 heavy (non-hydrogen) atoms. The maximum absolute atomic E-state index is 11.0. The van der Waals surface area contributed by atoms with Crippen LogP contribution in [0.4, 0.5) is 0 Å². The van der Waals surface area contributed by atoms with Gasteiger partial charge in [0.1, 0.15) is 6.04 Å². The zero-order valence-corrected chi connectivity index (χ0v) is 11.8. The molecule has 0 fully saturated rings. The Morgan fingerprint density at radius 3 is 2.76 bits per heavy atom. The van der Waals surface area contributed by atoms with E-state index in [-0.39, 0.29) is 0 Å². The quantitative estimate of drug-likeness (QED) is 0.848. The highest BCUT2D eigenvalue weighted by Crippen LogP contribution is 2.16. The lowest BCUT2D eigenvalue weighted by Gasteiger charge is -2.14. The second-order valence-corrected chi connectivity index (χ2v) is 5.05. The monoisotopic (exact) mass is 299 g/mol. The van der Waals surface area contributed by atoms with Crippen molar-refractivity contribution in [3.63, 3.8) is 0 Å². The van der Waals surface area contributed by atoms with Gasteiger partial charge in [0.2, 0.25) is 0 Å². The lowest BCUT2D eigenvalue weighted by molar-refractivity contribution is -0.139. The molecular weight excluding hydrogens is 282 g/mol. The third-order valence-corrected chi connectivity index (χ3v) is 3.21. The van der Waals surface area contributed by atoms with Crippen LogP contribution in [0.3, 0.4) is 0 Å². The van der Waals surface area contributed by atoms with Crippen molar-refractivity contribution in [3.05, 3.63) is 33.8 Å². The molecule has 94 valence electrons. The lowest BCUT2D eigenvalue weighted by atomic mass is 10.1. The standard InChI is InChI=1S/C13H18BrNO2/c1-3-4-12(13(16)17)15-8-10-5-6-11(14)7-9(10)2/h5-7,12,15H,3-4,8H2,1-2H3,(H,16,17). The van der Waals surface area contributed by atoms with Crippen LogP contribution in [-0.2, 0) is 11.3 Å². The maximum Gasteiger partial charge on any atom is 0.320 e. The fraction of sp³-hybridized carbons (Fsp3) is 0.462. The number of aryl methyl sites for hydroxylation is 1. The summed E-state index contributed by atoms with van der Waals surface area (Å²) in [7, 11) is 0. The molecule has 0 saturated carbocycles. The molecule has 0 aliphatic heterocycles. The lowest BCUT2D eigenvalue weighted by Crippen LogP contribution is -2.36. The maximum atomic E-state index is 11.0. The molecule has 3 nitrogen and oxygen atoms in total. The molecule has 0 aromatic heterocycles. The van der Waals surface area contributed by atoms with E-state index < -0.39 is 12.0 Å². The molecule has 0 aliphatic carbocycles. The van der Waals surface area contributed by atoms with Gasteiger partial charge in [0, 0.05) is 11.0 Å². The van der Waals surface area contributed by atoms with Crippen LogP contribution in [0.25, 0.3) is 0 Å². The molecule has 1 atom stereocenters. The minimum Gasteiger partial charge on any atom is -0.480 e. The van der Waals surface area contributed by atoms with Crippen LogP contribution in [0.5, 0.6) is 0 Å². The van der Waals surface area contributed by atoms with E-state index in [9.17, 15) is 4.79 Å². The van der Waals surface area contributed by atoms with Crippen molar-refractivity contribution in [2.75, 3.05) is 0 Å². The molecule has 0 radical (unpaired) electrons. The van der Waals surface area contributed by atoms with Crippen molar-refractivity contribution >= 4 is 21.9 Å². The minimum absolute atomic E-state index is 0.456. The summed E-state index contributed by atoms with van der Waals surface area (Å²) in [5.41, 5.74) is 2.29. The third kappa shape index (κ3) is 4.48. The Kier molecular flexibility index (Phi) is 5.65. The number of nitrogens with one attached hydrogen (secondary N) is 1. The van der Waals surface area contributed by atoms with Crippen LogP contribution in [0.15, 0.2) is 22.7 Å². The number of hydrogen-bond acceptors (Lipinski definition) is 2. The number of benzene rings is 1. The minimum atomic E-state index is -0.776. The summed E-state index contributed by atoms with van der Waals surface area (Å²) in [6.45, 7) is 4.61. The molecule has 0 heterocycles. The molecule has 1 unspecified atom stereocenters. The van der Waals surface area contributed by atoms with E-state index in [1.54, 1.807) is 0 Å². The molecule has 1 rings (SSSR count). The van der Waals surface area contributed by atoms with Gasteiger partial charge >= 0.3 is 5.97 Å². The van der Waals surface area contributed by atoms with E-state index in [0.29, 0.717) is 13.0 Å². The second kappa shape index (κ2) is 6.77. The third-order valence-electron chi connectivity index (χ3n) is 2.72. The molecule has 0 spiro atoms. The van der Waals surface area contributed by atoms with Gasteiger partial charge < -0.3 is 10.4 Å². The molecular formula is C13H18BrNO2. The Bertz CT molecular complexity index is 393. The Hall–Kier alpha value is -0.870. The Morgan fingerprint density at radius 2 is 2.24 bits per heavy atom. The smallest absolute Gasteiger partial charge is 0.320 e. The van der Waals surface area contributed by atoms with Crippen LogP contribution < -0.4 is 5.32 Å². The fourth-order valence-corrected chi connectivity index (χ4v) is 2.17. The van der Waals surface area contributed by atoms with Crippen molar-refractivity contribution in [2.24, 2.45) is 0 Å². The highest BCUT2D eigenvalue weighted by atomic mass is 79.9. The zero-order valence-electron chi connectivity index (χ0n) is 10.2. The normalized spacial score (nSPS) is 12.4. The van der Waals surface area contributed by atoms with Gasteiger partial charge in [-0.2, -0.15) is 0 Å². The van der Waals surface area contributed by atoms with Gasteiger partial charge in [-0.3, -0.25) is 4.79 Å². The van der Waals surface area contributed by atoms with Gasteiger partial charge in [0.05, 0.1) is 0 Å².